The van der Waals surface area contributed by atoms with Gasteiger partial charge in [-0.05, 0) is 25.1 Å². The summed E-state index contributed by atoms with van der Waals surface area (Å²) in [5, 5.41) is 9.71. The minimum Gasteiger partial charge on any atom is -0.387 e. The summed E-state index contributed by atoms with van der Waals surface area (Å²) in [6.07, 6.45) is 2.16. The molecule has 0 saturated carbocycles. The van der Waals surface area contributed by atoms with Crippen LogP contribution in [-0.4, -0.2) is 47.7 Å². The van der Waals surface area contributed by atoms with Crippen LogP contribution < -0.4 is 4.90 Å². The Bertz CT molecular complexity index is 358. The molecule has 1 aromatic heterocycles. The molecule has 0 spiro atoms. The van der Waals surface area contributed by atoms with E-state index in [-0.39, 0.29) is 0 Å². The highest BCUT2D eigenvalue weighted by atomic mass is 16.3. The van der Waals surface area contributed by atoms with E-state index in [9.17, 15) is 5.11 Å². The van der Waals surface area contributed by atoms with Crippen LogP contribution >= 0.6 is 0 Å². The zero-order valence-electron chi connectivity index (χ0n) is 11.3. The van der Waals surface area contributed by atoms with Crippen molar-refractivity contribution >= 4 is 5.69 Å². The van der Waals surface area contributed by atoms with Gasteiger partial charge < -0.3 is 14.9 Å². The fraction of sp³-hybridized carbons (Fsp3) is 0.643. The third-order valence-electron chi connectivity index (χ3n) is 3.68. The Kier molecular flexibility index (Phi) is 4.55. The summed E-state index contributed by atoms with van der Waals surface area (Å²) in [6.45, 7) is 9.66. The van der Waals surface area contributed by atoms with E-state index in [4.69, 9.17) is 0 Å². The van der Waals surface area contributed by atoms with Crippen molar-refractivity contribution in [2.45, 2.75) is 26.4 Å². The summed E-state index contributed by atoms with van der Waals surface area (Å²) in [4.78, 5) is 9.18. The highest BCUT2D eigenvalue weighted by Crippen LogP contribution is 2.19. The van der Waals surface area contributed by atoms with Crippen molar-refractivity contribution in [3.05, 3.63) is 24.0 Å². The van der Waals surface area contributed by atoms with Crippen LogP contribution in [0.3, 0.4) is 0 Å². The van der Waals surface area contributed by atoms with E-state index in [0.717, 1.165) is 44.1 Å². The molecule has 1 aliphatic rings. The van der Waals surface area contributed by atoms with Gasteiger partial charge in [0.25, 0.3) is 0 Å². The maximum Gasteiger partial charge on any atom is 0.0957 e. The lowest BCUT2D eigenvalue weighted by Crippen LogP contribution is -2.46. The molecular weight excluding hydrogens is 226 g/mol. The first kappa shape index (κ1) is 13.3. The lowest BCUT2D eigenvalue weighted by molar-refractivity contribution is 0.169. The first-order chi connectivity index (χ1) is 8.74. The fourth-order valence-corrected chi connectivity index (χ4v) is 2.31. The summed E-state index contributed by atoms with van der Waals surface area (Å²) < 4.78 is 0. The van der Waals surface area contributed by atoms with Gasteiger partial charge >= 0.3 is 0 Å². The molecule has 2 heterocycles. The number of aromatic nitrogens is 1. The van der Waals surface area contributed by atoms with Crippen LogP contribution in [0.25, 0.3) is 0 Å². The average Bonchev–Trinajstić information content (AvgIpc) is 2.47. The number of aliphatic hydroxyl groups is 1. The Balaban J connectivity index is 1.98. The van der Waals surface area contributed by atoms with Crippen molar-refractivity contribution in [3.63, 3.8) is 0 Å². The average molecular weight is 249 g/mol. The van der Waals surface area contributed by atoms with Gasteiger partial charge in [-0.2, -0.15) is 0 Å². The molecule has 1 unspecified atom stereocenters. The molecule has 0 bridgehead atoms. The van der Waals surface area contributed by atoms with Crippen molar-refractivity contribution in [1.29, 1.82) is 0 Å². The van der Waals surface area contributed by atoms with Gasteiger partial charge in [0.15, 0.2) is 0 Å². The van der Waals surface area contributed by atoms with Gasteiger partial charge in [-0.15, -0.1) is 0 Å². The SMILES string of the molecule is CCC(O)c1ccc(N2CCN(CC)CC2)cn1. The van der Waals surface area contributed by atoms with Crippen LogP contribution in [0.1, 0.15) is 32.1 Å². The standard InChI is InChI=1S/C14H23N3O/c1-3-14(18)13-6-5-12(11-15-13)17-9-7-16(4-2)8-10-17/h5-6,11,14,18H,3-4,7-10H2,1-2H3. The Labute approximate surface area is 109 Å². The highest BCUT2D eigenvalue weighted by molar-refractivity contribution is 5.45. The number of rotatable bonds is 4. The lowest BCUT2D eigenvalue weighted by atomic mass is 10.2. The van der Waals surface area contributed by atoms with Crippen molar-refractivity contribution < 1.29 is 5.11 Å². The van der Waals surface area contributed by atoms with Crippen LogP contribution in [-0.2, 0) is 0 Å². The third-order valence-corrected chi connectivity index (χ3v) is 3.68. The zero-order valence-corrected chi connectivity index (χ0v) is 11.3. The maximum absolute atomic E-state index is 9.71. The largest absolute Gasteiger partial charge is 0.387 e. The lowest BCUT2D eigenvalue weighted by Gasteiger charge is -2.35. The van der Waals surface area contributed by atoms with Crippen molar-refractivity contribution in [2.24, 2.45) is 0 Å². The molecular formula is C14H23N3O. The maximum atomic E-state index is 9.71. The van der Waals surface area contributed by atoms with Gasteiger partial charge in [0.2, 0.25) is 0 Å². The second-order valence-electron chi connectivity index (χ2n) is 4.79. The molecule has 0 aromatic carbocycles. The molecule has 4 heteroatoms. The van der Waals surface area contributed by atoms with E-state index in [1.54, 1.807) is 0 Å². The number of hydrogen-bond acceptors (Lipinski definition) is 4. The van der Waals surface area contributed by atoms with Gasteiger partial charge in [0.05, 0.1) is 23.7 Å². The minimum absolute atomic E-state index is 0.434. The molecule has 1 fully saturated rings. The molecule has 2 rings (SSSR count). The van der Waals surface area contributed by atoms with Crippen molar-refractivity contribution in [2.75, 3.05) is 37.6 Å². The molecule has 18 heavy (non-hydrogen) atoms. The van der Waals surface area contributed by atoms with Crippen molar-refractivity contribution in [3.8, 4) is 0 Å². The molecule has 1 N–H and O–H groups in total. The number of anilines is 1. The Morgan fingerprint density at radius 1 is 1.22 bits per heavy atom. The number of piperazine rings is 1. The van der Waals surface area contributed by atoms with Crippen LogP contribution in [0, 0.1) is 0 Å². The monoisotopic (exact) mass is 249 g/mol. The first-order valence-electron chi connectivity index (χ1n) is 6.86. The summed E-state index contributed by atoms with van der Waals surface area (Å²) in [7, 11) is 0. The van der Waals surface area contributed by atoms with Crippen LogP contribution in [0.4, 0.5) is 5.69 Å². The number of likely N-dealkylation sites (N-methyl/N-ethyl adjacent to an activating group) is 1. The van der Waals surface area contributed by atoms with Gasteiger partial charge in [-0.1, -0.05) is 13.8 Å². The topological polar surface area (TPSA) is 39.6 Å². The third kappa shape index (κ3) is 3.00. The van der Waals surface area contributed by atoms with Crippen LogP contribution in [0.2, 0.25) is 0 Å². The smallest absolute Gasteiger partial charge is 0.0957 e. The molecule has 4 nitrogen and oxygen atoms in total. The van der Waals surface area contributed by atoms with E-state index in [1.165, 1.54) is 0 Å². The predicted octanol–water partition coefficient (Wildman–Crippen LogP) is 1.67. The Hall–Kier alpha value is -1.13. The summed E-state index contributed by atoms with van der Waals surface area (Å²) >= 11 is 0. The summed E-state index contributed by atoms with van der Waals surface area (Å²) in [6, 6.07) is 4.01. The molecule has 1 atom stereocenters. The van der Waals surface area contributed by atoms with Crippen molar-refractivity contribution in [1.82, 2.24) is 9.88 Å². The quantitative estimate of drug-likeness (QED) is 0.881. The Morgan fingerprint density at radius 3 is 2.44 bits per heavy atom. The number of nitrogens with zero attached hydrogens (tertiary/aromatic N) is 3. The molecule has 0 amide bonds. The van der Waals surface area contributed by atoms with E-state index in [2.05, 4.69) is 27.8 Å². The second-order valence-corrected chi connectivity index (χ2v) is 4.79. The van der Waals surface area contributed by atoms with E-state index >= 15 is 0 Å². The highest BCUT2D eigenvalue weighted by Gasteiger charge is 2.16. The van der Waals surface area contributed by atoms with Gasteiger partial charge in [-0.3, -0.25) is 4.98 Å². The Morgan fingerprint density at radius 2 is 1.94 bits per heavy atom. The van der Waals surface area contributed by atoms with Gasteiger partial charge in [-0.25, -0.2) is 0 Å². The van der Waals surface area contributed by atoms with E-state index in [1.807, 2.05) is 19.2 Å². The molecule has 1 aromatic rings. The van der Waals surface area contributed by atoms with Gasteiger partial charge in [0, 0.05) is 26.2 Å². The predicted molar refractivity (Wildman–Crippen MR) is 73.8 cm³/mol. The molecule has 0 radical (unpaired) electrons. The minimum atomic E-state index is -0.434. The zero-order chi connectivity index (χ0) is 13.0. The fourth-order valence-electron chi connectivity index (χ4n) is 2.31. The molecule has 1 aliphatic heterocycles. The second kappa shape index (κ2) is 6.16. The number of hydrogen-bond donors (Lipinski definition) is 1. The first-order valence-corrected chi connectivity index (χ1v) is 6.86. The number of aliphatic hydroxyl groups excluding tert-OH is 1. The number of pyridine rings is 1. The summed E-state index contributed by atoms with van der Waals surface area (Å²) in [5.74, 6) is 0. The molecule has 100 valence electrons. The van der Waals surface area contributed by atoms with E-state index in [0.29, 0.717) is 6.42 Å². The van der Waals surface area contributed by atoms with Crippen LogP contribution in [0.15, 0.2) is 18.3 Å². The molecule has 0 aliphatic carbocycles. The van der Waals surface area contributed by atoms with Crippen LogP contribution in [0.5, 0.6) is 0 Å². The molecule has 1 saturated heterocycles. The normalized spacial score (nSPS) is 18.9. The van der Waals surface area contributed by atoms with Gasteiger partial charge in [0.1, 0.15) is 0 Å². The summed E-state index contributed by atoms with van der Waals surface area (Å²) in [5.41, 5.74) is 1.94. The van der Waals surface area contributed by atoms with E-state index < -0.39 is 6.10 Å².